The minimum atomic E-state index is -3.76. The molecular formula is C11H9BrN2O3S. The Morgan fingerprint density at radius 3 is 2.67 bits per heavy atom. The van der Waals surface area contributed by atoms with Crippen molar-refractivity contribution in [3.63, 3.8) is 0 Å². The highest BCUT2D eigenvalue weighted by Crippen LogP contribution is 2.23. The molecule has 1 heterocycles. The molecule has 0 bridgehead atoms. The summed E-state index contributed by atoms with van der Waals surface area (Å²) in [5, 5.41) is 9.28. The molecule has 0 spiro atoms. The van der Waals surface area contributed by atoms with E-state index in [0.717, 1.165) is 0 Å². The number of pyridine rings is 1. The fourth-order valence-corrected chi connectivity index (χ4v) is 2.85. The van der Waals surface area contributed by atoms with Crippen LogP contribution in [0.5, 0.6) is 5.75 Å². The number of phenols is 1. The first-order valence-corrected chi connectivity index (χ1v) is 7.19. The SMILES string of the molecule is O=S(=O)(Nc1ncccc1Br)c1cccc(O)c1. The number of benzene rings is 1. The van der Waals surface area contributed by atoms with Gasteiger partial charge in [0.2, 0.25) is 0 Å². The first-order chi connectivity index (χ1) is 8.49. The maximum Gasteiger partial charge on any atom is 0.263 e. The van der Waals surface area contributed by atoms with Crippen molar-refractivity contribution in [3.05, 3.63) is 47.1 Å². The molecule has 0 radical (unpaired) electrons. The van der Waals surface area contributed by atoms with Gasteiger partial charge in [-0.3, -0.25) is 4.72 Å². The van der Waals surface area contributed by atoms with Crippen LogP contribution in [-0.4, -0.2) is 18.5 Å². The molecule has 1 aromatic heterocycles. The normalized spacial score (nSPS) is 11.2. The molecule has 0 unspecified atom stereocenters. The molecule has 0 amide bonds. The Morgan fingerprint density at radius 2 is 2.00 bits per heavy atom. The third-order valence-corrected chi connectivity index (χ3v) is 4.09. The third kappa shape index (κ3) is 2.80. The molecule has 2 aromatic rings. The molecule has 0 aliphatic rings. The number of nitrogens with one attached hydrogen (secondary N) is 1. The first kappa shape index (κ1) is 12.8. The van der Waals surface area contributed by atoms with Crippen molar-refractivity contribution in [2.45, 2.75) is 4.90 Å². The smallest absolute Gasteiger partial charge is 0.263 e. The highest BCUT2D eigenvalue weighted by atomic mass is 79.9. The van der Waals surface area contributed by atoms with Gasteiger partial charge in [-0.25, -0.2) is 13.4 Å². The summed E-state index contributed by atoms with van der Waals surface area (Å²) in [6.45, 7) is 0. The van der Waals surface area contributed by atoms with Crippen molar-refractivity contribution >= 4 is 31.8 Å². The third-order valence-electron chi connectivity index (χ3n) is 2.12. The molecule has 0 atom stereocenters. The number of hydrogen-bond donors (Lipinski definition) is 2. The van der Waals surface area contributed by atoms with E-state index >= 15 is 0 Å². The minimum absolute atomic E-state index is 0.0277. The monoisotopic (exact) mass is 328 g/mol. The predicted molar refractivity (Wildman–Crippen MR) is 70.9 cm³/mol. The topological polar surface area (TPSA) is 79.3 Å². The summed E-state index contributed by atoms with van der Waals surface area (Å²) in [6, 6.07) is 8.76. The Hall–Kier alpha value is -1.60. The number of aromatic nitrogens is 1. The van der Waals surface area contributed by atoms with Crippen molar-refractivity contribution in [2.75, 3.05) is 4.72 Å². The maximum absolute atomic E-state index is 12.0. The molecule has 0 saturated carbocycles. The van der Waals surface area contributed by atoms with E-state index < -0.39 is 10.0 Å². The molecule has 1 aromatic carbocycles. The van der Waals surface area contributed by atoms with E-state index in [1.165, 1.54) is 30.5 Å². The van der Waals surface area contributed by atoms with Gasteiger partial charge >= 0.3 is 0 Å². The Morgan fingerprint density at radius 1 is 1.22 bits per heavy atom. The lowest BCUT2D eigenvalue weighted by Gasteiger charge is -2.08. The van der Waals surface area contributed by atoms with Gasteiger partial charge < -0.3 is 5.11 Å². The Balaban J connectivity index is 2.37. The number of hydrogen-bond acceptors (Lipinski definition) is 4. The van der Waals surface area contributed by atoms with Crippen molar-refractivity contribution in [2.24, 2.45) is 0 Å². The highest BCUT2D eigenvalue weighted by Gasteiger charge is 2.16. The zero-order valence-corrected chi connectivity index (χ0v) is 11.4. The van der Waals surface area contributed by atoms with Crippen LogP contribution in [0.2, 0.25) is 0 Å². The Bertz CT molecular complexity index is 673. The number of nitrogens with zero attached hydrogens (tertiary/aromatic N) is 1. The minimum Gasteiger partial charge on any atom is -0.508 e. The van der Waals surface area contributed by atoms with E-state index in [2.05, 4.69) is 25.6 Å². The maximum atomic E-state index is 12.0. The van der Waals surface area contributed by atoms with Gasteiger partial charge in [-0.05, 0) is 40.2 Å². The average Bonchev–Trinajstić information content (AvgIpc) is 2.32. The summed E-state index contributed by atoms with van der Waals surface area (Å²) in [5.41, 5.74) is 0. The molecule has 94 valence electrons. The van der Waals surface area contributed by atoms with Crippen LogP contribution in [-0.2, 0) is 10.0 Å². The molecule has 5 nitrogen and oxygen atoms in total. The van der Waals surface area contributed by atoms with Crippen LogP contribution >= 0.6 is 15.9 Å². The molecular weight excluding hydrogens is 320 g/mol. The van der Waals surface area contributed by atoms with Crippen molar-refractivity contribution in [3.8, 4) is 5.75 Å². The van der Waals surface area contributed by atoms with E-state index in [1.807, 2.05) is 0 Å². The predicted octanol–water partition coefficient (Wildman–Crippen LogP) is 2.35. The Labute approximate surface area is 113 Å². The van der Waals surface area contributed by atoms with Crippen molar-refractivity contribution in [1.82, 2.24) is 4.98 Å². The molecule has 0 fully saturated rings. The number of sulfonamides is 1. The van der Waals surface area contributed by atoms with E-state index in [4.69, 9.17) is 0 Å². The van der Waals surface area contributed by atoms with E-state index in [1.54, 1.807) is 12.1 Å². The van der Waals surface area contributed by atoms with Gasteiger partial charge in [-0.2, -0.15) is 0 Å². The summed E-state index contributed by atoms with van der Waals surface area (Å²) < 4.78 is 26.9. The molecule has 18 heavy (non-hydrogen) atoms. The summed E-state index contributed by atoms with van der Waals surface area (Å²) in [6.07, 6.45) is 1.48. The molecule has 2 N–H and O–H groups in total. The summed E-state index contributed by atoms with van der Waals surface area (Å²) >= 11 is 3.20. The first-order valence-electron chi connectivity index (χ1n) is 4.91. The zero-order valence-electron chi connectivity index (χ0n) is 9.04. The lowest BCUT2D eigenvalue weighted by atomic mass is 10.3. The number of aromatic hydroxyl groups is 1. The largest absolute Gasteiger partial charge is 0.508 e. The summed E-state index contributed by atoms with van der Waals surface area (Å²) in [7, 11) is -3.76. The molecule has 0 saturated heterocycles. The number of phenolic OH excluding ortho intramolecular Hbond substituents is 1. The van der Waals surface area contributed by atoms with Crippen LogP contribution in [0.15, 0.2) is 52.0 Å². The number of halogens is 1. The molecule has 0 aliphatic heterocycles. The van der Waals surface area contributed by atoms with Crippen LogP contribution in [0, 0.1) is 0 Å². The molecule has 0 aliphatic carbocycles. The second-order valence-electron chi connectivity index (χ2n) is 3.44. The van der Waals surface area contributed by atoms with Gasteiger partial charge in [0.15, 0.2) is 5.82 Å². The number of rotatable bonds is 3. The molecule has 2 rings (SSSR count). The van der Waals surface area contributed by atoms with E-state index in [9.17, 15) is 13.5 Å². The van der Waals surface area contributed by atoms with Crippen LogP contribution < -0.4 is 4.72 Å². The van der Waals surface area contributed by atoms with Gasteiger partial charge in [-0.1, -0.05) is 6.07 Å². The second kappa shape index (κ2) is 4.95. The fourth-order valence-electron chi connectivity index (χ4n) is 1.30. The summed E-state index contributed by atoms with van der Waals surface area (Å²) in [5.74, 6) is 0.0822. The van der Waals surface area contributed by atoms with Gasteiger partial charge in [0.25, 0.3) is 10.0 Å². The summed E-state index contributed by atoms with van der Waals surface area (Å²) in [4.78, 5) is 3.88. The quantitative estimate of drug-likeness (QED) is 0.906. The van der Waals surface area contributed by atoms with Crippen LogP contribution in [0.25, 0.3) is 0 Å². The van der Waals surface area contributed by atoms with E-state index in [0.29, 0.717) is 4.47 Å². The van der Waals surface area contributed by atoms with Gasteiger partial charge in [0.1, 0.15) is 5.75 Å². The fraction of sp³-hybridized carbons (Fsp3) is 0. The van der Waals surface area contributed by atoms with Crippen molar-refractivity contribution < 1.29 is 13.5 Å². The van der Waals surface area contributed by atoms with Gasteiger partial charge in [-0.15, -0.1) is 0 Å². The lowest BCUT2D eigenvalue weighted by molar-refractivity contribution is 0.473. The van der Waals surface area contributed by atoms with Gasteiger partial charge in [0, 0.05) is 12.3 Å². The Kier molecular flexibility index (Phi) is 3.53. The molecule has 7 heteroatoms. The van der Waals surface area contributed by atoms with Crippen LogP contribution in [0.4, 0.5) is 5.82 Å². The highest BCUT2D eigenvalue weighted by molar-refractivity contribution is 9.10. The van der Waals surface area contributed by atoms with Crippen molar-refractivity contribution in [1.29, 1.82) is 0 Å². The number of anilines is 1. The lowest BCUT2D eigenvalue weighted by Crippen LogP contribution is -2.14. The van der Waals surface area contributed by atoms with Gasteiger partial charge in [0.05, 0.1) is 9.37 Å². The standard InChI is InChI=1S/C11H9BrN2O3S/c12-10-5-2-6-13-11(10)14-18(16,17)9-4-1-3-8(15)7-9/h1-7,15H,(H,13,14). The average molecular weight is 329 g/mol. The van der Waals surface area contributed by atoms with Crippen LogP contribution in [0.3, 0.4) is 0 Å². The van der Waals surface area contributed by atoms with Crippen LogP contribution in [0.1, 0.15) is 0 Å². The zero-order chi connectivity index (χ0) is 13.2. The second-order valence-corrected chi connectivity index (χ2v) is 5.97. The van der Waals surface area contributed by atoms with E-state index in [-0.39, 0.29) is 16.5 Å².